The van der Waals surface area contributed by atoms with Crippen molar-refractivity contribution in [2.24, 2.45) is 0 Å². The number of carbonyl (C=O) groups is 1. The molecule has 0 aliphatic rings. The minimum Gasteiger partial charge on any atom is -0.468 e. The second-order valence-corrected chi connectivity index (χ2v) is 2.73. The molecule has 5 nitrogen and oxygen atoms in total. The van der Waals surface area contributed by atoms with Crippen LogP contribution < -0.4 is 5.32 Å². The van der Waals surface area contributed by atoms with Crippen molar-refractivity contribution in [3.8, 4) is 0 Å². The average molecular weight is 191 g/mol. The minimum atomic E-state index is -0.835. The Hall–Kier alpha value is -0.650. The van der Waals surface area contributed by atoms with Gasteiger partial charge in [0.2, 0.25) is 0 Å². The molecule has 5 heteroatoms. The molecule has 0 saturated heterocycles. The van der Waals surface area contributed by atoms with Gasteiger partial charge >= 0.3 is 5.97 Å². The van der Waals surface area contributed by atoms with E-state index in [4.69, 9.17) is 10.2 Å². The van der Waals surface area contributed by atoms with E-state index in [0.29, 0.717) is 6.42 Å². The molecule has 13 heavy (non-hydrogen) atoms. The molecule has 0 aliphatic heterocycles. The van der Waals surface area contributed by atoms with Gasteiger partial charge in [-0.15, -0.1) is 0 Å². The van der Waals surface area contributed by atoms with Crippen LogP contribution in [0.15, 0.2) is 0 Å². The van der Waals surface area contributed by atoms with Crippen LogP contribution in [0.25, 0.3) is 0 Å². The predicted molar refractivity (Wildman–Crippen MR) is 47.2 cm³/mol. The average Bonchev–Trinajstić information content (AvgIpc) is 2.17. The van der Waals surface area contributed by atoms with Gasteiger partial charge in [0.1, 0.15) is 6.04 Å². The lowest BCUT2D eigenvalue weighted by Crippen LogP contribution is -2.42. The van der Waals surface area contributed by atoms with Gasteiger partial charge in [0.25, 0.3) is 0 Å². The van der Waals surface area contributed by atoms with E-state index < -0.39 is 12.1 Å². The maximum atomic E-state index is 11.0. The van der Waals surface area contributed by atoms with Gasteiger partial charge in [-0.25, -0.2) is 0 Å². The molecule has 0 heterocycles. The zero-order valence-corrected chi connectivity index (χ0v) is 7.99. The highest BCUT2D eigenvalue weighted by molar-refractivity contribution is 5.75. The standard InChI is InChI=1S/C8H17NO4/c1-3-7(8(12)13-2)9-4-6(11)5-10/h6-7,9-11H,3-5H2,1-2H3. The van der Waals surface area contributed by atoms with E-state index in [1.165, 1.54) is 7.11 Å². The molecule has 0 saturated carbocycles. The highest BCUT2D eigenvalue weighted by Crippen LogP contribution is 1.93. The van der Waals surface area contributed by atoms with Crippen LogP contribution in [0.4, 0.5) is 0 Å². The first-order valence-electron chi connectivity index (χ1n) is 4.25. The lowest BCUT2D eigenvalue weighted by molar-refractivity contribution is -0.143. The predicted octanol–water partition coefficient (Wildman–Crippen LogP) is -1.12. The zero-order valence-electron chi connectivity index (χ0n) is 7.99. The van der Waals surface area contributed by atoms with Crippen LogP contribution in [0.5, 0.6) is 0 Å². The van der Waals surface area contributed by atoms with Gasteiger partial charge in [-0.05, 0) is 6.42 Å². The van der Waals surface area contributed by atoms with Crippen molar-refractivity contribution in [2.45, 2.75) is 25.5 Å². The molecular formula is C8H17NO4. The highest BCUT2D eigenvalue weighted by atomic mass is 16.5. The molecule has 0 aromatic heterocycles. The molecule has 0 radical (unpaired) electrons. The molecule has 3 N–H and O–H groups in total. The molecule has 2 unspecified atom stereocenters. The Bertz CT molecular complexity index is 151. The van der Waals surface area contributed by atoms with Crippen molar-refractivity contribution < 1.29 is 19.7 Å². The van der Waals surface area contributed by atoms with E-state index in [9.17, 15) is 4.79 Å². The van der Waals surface area contributed by atoms with Gasteiger partial charge in [0, 0.05) is 6.54 Å². The van der Waals surface area contributed by atoms with Crippen molar-refractivity contribution in [2.75, 3.05) is 20.3 Å². The summed E-state index contributed by atoms with van der Waals surface area (Å²) in [6.07, 6.45) is -0.246. The molecule has 0 spiro atoms. The Morgan fingerprint density at radius 1 is 1.62 bits per heavy atom. The van der Waals surface area contributed by atoms with E-state index in [-0.39, 0.29) is 19.1 Å². The Balaban J connectivity index is 3.78. The van der Waals surface area contributed by atoms with Crippen LogP contribution in [0.3, 0.4) is 0 Å². The van der Waals surface area contributed by atoms with Crippen molar-refractivity contribution in [1.29, 1.82) is 0 Å². The largest absolute Gasteiger partial charge is 0.468 e. The monoisotopic (exact) mass is 191 g/mol. The molecule has 0 amide bonds. The summed E-state index contributed by atoms with van der Waals surface area (Å²) in [5.74, 6) is -0.354. The number of nitrogens with one attached hydrogen (secondary N) is 1. The Kier molecular flexibility index (Phi) is 6.48. The molecule has 0 rings (SSSR count). The van der Waals surface area contributed by atoms with Crippen molar-refractivity contribution in [3.05, 3.63) is 0 Å². The van der Waals surface area contributed by atoms with E-state index in [2.05, 4.69) is 10.1 Å². The summed E-state index contributed by atoms with van der Waals surface area (Å²) in [6.45, 7) is 1.70. The Labute approximate surface area is 77.7 Å². The second kappa shape index (κ2) is 6.82. The second-order valence-electron chi connectivity index (χ2n) is 2.73. The number of methoxy groups -OCH3 is 1. The first kappa shape index (κ1) is 12.3. The number of carbonyl (C=O) groups excluding carboxylic acids is 1. The fraction of sp³-hybridized carbons (Fsp3) is 0.875. The molecule has 0 aromatic rings. The van der Waals surface area contributed by atoms with Crippen LogP contribution in [0.2, 0.25) is 0 Å². The van der Waals surface area contributed by atoms with Gasteiger partial charge < -0.3 is 20.3 Å². The quantitative estimate of drug-likeness (QED) is 0.463. The number of esters is 1. The van der Waals surface area contributed by atoms with Gasteiger partial charge in [0.05, 0.1) is 19.8 Å². The summed E-state index contributed by atoms with van der Waals surface area (Å²) in [6, 6.07) is -0.411. The number of hydrogen-bond donors (Lipinski definition) is 3. The van der Waals surface area contributed by atoms with E-state index in [0.717, 1.165) is 0 Å². The van der Waals surface area contributed by atoms with Gasteiger partial charge in [-0.1, -0.05) is 6.92 Å². The molecule has 0 aromatic carbocycles. The first-order valence-corrected chi connectivity index (χ1v) is 4.25. The fourth-order valence-corrected chi connectivity index (χ4v) is 0.879. The van der Waals surface area contributed by atoms with Gasteiger partial charge in [-0.3, -0.25) is 4.79 Å². The SMILES string of the molecule is CCC(NCC(O)CO)C(=O)OC. The summed E-state index contributed by atoms with van der Waals surface area (Å²) >= 11 is 0. The summed E-state index contributed by atoms with van der Waals surface area (Å²) in [4.78, 5) is 11.0. The third-order valence-electron chi connectivity index (χ3n) is 1.70. The molecular weight excluding hydrogens is 174 g/mol. The van der Waals surface area contributed by atoms with Gasteiger partial charge in [0.15, 0.2) is 0 Å². The van der Waals surface area contributed by atoms with E-state index >= 15 is 0 Å². The smallest absolute Gasteiger partial charge is 0.322 e. The van der Waals surface area contributed by atoms with E-state index in [1.54, 1.807) is 0 Å². The number of aliphatic hydroxyl groups excluding tert-OH is 2. The number of aliphatic hydroxyl groups is 2. The van der Waals surface area contributed by atoms with E-state index in [1.807, 2.05) is 6.92 Å². The maximum Gasteiger partial charge on any atom is 0.322 e. The minimum absolute atomic E-state index is 0.185. The third-order valence-corrected chi connectivity index (χ3v) is 1.70. The third kappa shape index (κ3) is 4.82. The van der Waals surface area contributed by atoms with Crippen molar-refractivity contribution in [3.63, 3.8) is 0 Å². The summed E-state index contributed by atoms with van der Waals surface area (Å²) in [5, 5.41) is 20.3. The zero-order chi connectivity index (χ0) is 10.3. The highest BCUT2D eigenvalue weighted by Gasteiger charge is 2.16. The fourth-order valence-electron chi connectivity index (χ4n) is 0.879. The summed E-state index contributed by atoms with van der Waals surface area (Å²) < 4.78 is 4.52. The molecule has 78 valence electrons. The van der Waals surface area contributed by atoms with Crippen LogP contribution in [-0.4, -0.2) is 48.6 Å². The van der Waals surface area contributed by atoms with Crippen LogP contribution in [0.1, 0.15) is 13.3 Å². The Morgan fingerprint density at radius 2 is 2.23 bits per heavy atom. The summed E-state index contributed by atoms with van der Waals surface area (Å²) in [7, 11) is 1.31. The van der Waals surface area contributed by atoms with Crippen molar-refractivity contribution >= 4 is 5.97 Å². The topological polar surface area (TPSA) is 78.8 Å². The lowest BCUT2D eigenvalue weighted by atomic mass is 10.2. The summed E-state index contributed by atoms with van der Waals surface area (Å²) in [5.41, 5.74) is 0. The maximum absolute atomic E-state index is 11.0. The lowest BCUT2D eigenvalue weighted by Gasteiger charge is -2.16. The number of rotatable bonds is 6. The number of hydrogen-bond acceptors (Lipinski definition) is 5. The normalized spacial score (nSPS) is 15.1. The van der Waals surface area contributed by atoms with Crippen molar-refractivity contribution in [1.82, 2.24) is 5.32 Å². The molecule has 0 aliphatic carbocycles. The van der Waals surface area contributed by atoms with Gasteiger partial charge in [-0.2, -0.15) is 0 Å². The van der Waals surface area contributed by atoms with Crippen LogP contribution in [0, 0.1) is 0 Å². The van der Waals surface area contributed by atoms with Crippen LogP contribution in [-0.2, 0) is 9.53 Å². The molecule has 0 bridgehead atoms. The van der Waals surface area contributed by atoms with Crippen LogP contribution >= 0.6 is 0 Å². The molecule has 0 fully saturated rings. The molecule has 2 atom stereocenters. The number of ether oxygens (including phenoxy) is 1. The Morgan fingerprint density at radius 3 is 2.62 bits per heavy atom. The first-order chi connectivity index (χ1) is 6.15.